The molecule has 7 heteroatoms. The number of hydrogen-bond donors (Lipinski definition) is 1. The summed E-state index contributed by atoms with van der Waals surface area (Å²) in [6, 6.07) is 10.4. The second kappa shape index (κ2) is 7.59. The highest BCUT2D eigenvalue weighted by Crippen LogP contribution is 2.25. The van der Waals surface area contributed by atoms with Crippen LogP contribution in [0.4, 0.5) is 18.9 Å². The molecule has 0 radical (unpaired) electrons. The van der Waals surface area contributed by atoms with E-state index < -0.39 is 46.5 Å². The summed E-state index contributed by atoms with van der Waals surface area (Å²) >= 11 is 0. The molecule has 0 fully saturated rings. The lowest BCUT2D eigenvalue weighted by atomic mass is 9.85. The molecular formula is C19H18F3NO3. The molecule has 0 spiro atoms. The second-order valence-corrected chi connectivity index (χ2v) is 6.25. The highest BCUT2D eigenvalue weighted by Gasteiger charge is 2.34. The van der Waals surface area contributed by atoms with Crippen molar-refractivity contribution in [1.82, 2.24) is 0 Å². The second-order valence-electron chi connectivity index (χ2n) is 6.25. The molecule has 2 rings (SSSR count). The first kappa shape index (κ1) is 19.5. The van der Waals surface area contributed by atoms with E-state index in [1.165, 1.54) is 6.92 Å². The minimum atomic E-state index is -1.70. The predicted molar refractivity (Wildman–Crippen MR) is 90.0 cm³/mol. The van der Waals surface area contributed by atoms with Crippen LogP contribution in [0.2, 0.25) is 0 Å². The van der Waals surface area contributed by atoms with Crippen molar-refractivity contribution >= 4 is 17.6 Å². The maximum absolute atomic E-state index is 13.6. The van der Waals surface area contributed by atoms with E-state index in [1.54, 1.807) is 44.2 Å². The molecule has 0 aromatic heterocycles. The van der Waals surface area contributed by atoms with Gasteiger partial charge in [0.25, 0.3) is 5.91 Å². The molecule has 0 heterocycles. The summed E-state index contributed by atoms with van der Waals surface area (Å²) in [5, 5.41) is 2.08. The number of nitrogens with one attached hydrogen (secondary N) is 1. The van der Waals surface area contributed by atoms with Crippen LogP contribution >= 0.6 is 0 Å². The third kappa shape index (κ3) is 4.04. The Labute approximate surface area is 149 Å². The third-order valence-corrected chi connectivity index (χ3v) is 3.95. The molecule has 2 aromatic rings. The van der Waals surface area contributed by atoms with Crippen molar-refractivity contribution in [2.75, 3.05) is 5.32 Å². The van der Waals surface area contributed by atoms with E-state index in [0.29, 0.717) is 11.6 Å². The molecule has 0 aliphatic rings. The SMILES string of the molecule is C[C@@H](OC(=O)C(C)(C)c1ccccc1)C(=O)Nc1ccc(F)c(F)c1F. The van der Waals surface area contributed by atoms with Gasteiger partial charge in [-0.3, -0.25) is 9.59 Å². The molecule has 2 aromatic carbocycles. The summed E-state index contributed by atoms with van der Waals surface area (Å²) in [6.07, 6.45) is -1.27. The molecule has 1 atom stereocenters. The zero-order chi connectivity index (χ0) is 19.5. The fourth-order valence-electron chi connectivity index (χ4n) is 2.19. The summed E-state index contributed by atoms with van der Waals surface area (Å²) < 4.78 is 44.9. The minimum absolute atomic E-state index is 0.542. The average molecular weight is 365 g/mol. The molecule has 0 bridgehead atoms. The van der Waals surface area contributed by atoms with E-state index in [1.807, 2.05) is 0 Å². The van der Waals surface area contributed by atoms with Crippen molar-refractivity contribution in [3.63, 3.8) is 0 Å². The number of carbonyl (C=O) groups is 2. The maximum atomic E-state index is 13.6. The Morgan fingerprint density at radius 1 is 1.00 bits per heavy atom. The Hall–Kier alpha value is -2.83. The quantitative estimate of drug-likeness (QED) is 0.645. The molecule has 26 heavy (non-hydrogen) atoms. The Bertz CT molecular complexity index is 822. The molecule has 1 N–H and O–H groups in total. The fraction of sp³-hybridized carbons (Fsp3) is 0.263. The van der Waals surface area contributed by atoms with Crippen molar-refractivity contribution in [3.8, 4) is 0 Å². The summed E-state index contributed by atoms with van der Waals surface area (Å²) in [5.41, 5.74) is -0.855. The van der Waals surface area contributed by atoms with Gasteiger partial charge < -0.3 is 10.1 Å². The Balaban J connectivity index is 2.07. The monoisotopic (exact) mass is 365 g/mol. The van der Waals surface area contributed by atoms with Crippen LogP contribution in [0.3, 0.4) is 0 Å². The van der Waals surface area contributed by atoms with E-state index in [0.717, 1.165) is 6.07 Å². The van der Waals surface area contributed by atoms with Gasteiger partial charge >= 0.3 is 5.97 Å². The lowest BCUT2D eigenvalue weighted by molar-refractivity contribution is -0.158. The molecule has 0 unspecified atom stereocenters. The summed E-state index contributed by atoms with van der Waals surface area (Å²) in [5.74, 6) is -6.12. The van der Waals surface area contributed by atoms with E-state index in [4.69, 9.17) is 4.74 Å². The summed E-state index contributed by atoms with van der Waals surface area (Å²) in [7, 11) is 0. The zero-order valence-corrected chi connectivity index (χ0v) is 14.5. The predicted octanol–water partition coefficient (Wildman–Crippen LogP) is 3.95. The zero-order valence-electron chi connectivity index (χ0n) is 14.5. The Morgan fingerprint density at radius 3 is 2.23 bits per heavy atom. The van der Waals surface area contributed by atoms with E-state index in [9.17, 15) is 22.8 Å². The summed E-state index contributed by atoms with van der Waals surface area (Å²) in [6.45, 7) is 4.58. The first-order valence-electron chi connectivity index (χ1n) is 7.85. The first-order valence-corrected chi connectivity index (χ1v) is 7.85. The third-order valence-electron chi connectivity index (χ3n) is 3.95. The number of rotatable bonds is 5. The topological polar surface area (TPSA) is 55.4 Å². The lowest BCUT2D eigenvalue weighted by Gasteiger charge is -2.25. The van der Waals surface area contributed by atoms with Gasteiger partial charge in [0.05, 0.1) is 11.1 Å². The molecule has 1 amide bonds. The molecule has 0 saturated heterocycles. The smallest absolute Gasteiger partial charge is 0.316 e. The van der Waals surface area contributed by atoms with Crippen molar-refractivity contribution in [3.05, 3.63) is 65.5 Å². The van der Waals surface area contributed by atoms with Crippen LogP contribution in [0.1, 0.15) is 26.3 Å². The fourth-order valence-corrected chi connectivity index (χ4v) is 2.19. The normalized spacial score (nSPS) is 12.4. The highest BCUT2D eigenvalue weighted by atomic mass is 19.2. The Morgan fingerprint density at radius 2 is 1.62 bits per heavy atom. The van der Waals surface area contributed by atoms with Gasteiger partial charge in [0, 0.05) is 0 Å². The number of amides is 1. The van der Waals surface area contributed by atoms with Gasteiger partial charge in [-0.15, -0.1) is 0 Å². The standard InChI is InChI=1S/C19H18F3NO3/c1-11(17(24)23-14-10-9-13(20)15(21)16(14)22)26-18(25)19(2,3)12-7-5-4-6-8-12/h4-11H,1-3H3,(H,23,24)/t11-/m1/s1. The van der Waals surface area contributed by atoms with Crippen LogP contribution < -0.4 is 5.32 Å². The molecule has 0 aliphatic heterocycles. The van der Waals surface area contributed by atoms with Crippen molar-refractivity contribution in [1.29, 1.82) is 0 Å². The first-order chi connectivity index (χ1) is 12.1. The van der Waals surface area contributed by atoms with Crippen LogP contribution in [0.5, 0.6) is 0 Å². The highest BCUT2D eigenvalue weighted by molar-refractivity contribution is 5.96. The van der Waals surface area contributed by atoms with Crippen molar-refractivity contribution in [2.45, 2.75) is 32.3 Å². The van der Waals surface area contributed by atoms with Gasteiger partial charge in [-0.2, -0.15) is 0 Å². The van der Waals surface area contributed by atoms with Gasteiger partial charge in [0.2, 0.25) is 0 Å². The van der Waals surface area contributed by atoms with E-state index >= 15 is 0 Å². The molecular weight excluding hydrogens is 347 g/mol. The number of ether oxygens (including phenoxy) is 1. The van der Waals surface area contributed by atoms with Gasteiger partial charge in [0.1, 0.15) is 0 Å². The van der Waals surface area contributed by atoms with Crippen LogP contribution in [0, 0.1) is 17.5 Å². The van der Waals surface area contributed by atoms with Gasteiger partial charge in [-0.25, -0.2) is 13.2 Å². The van der Waals surface area contributed by atoms with Crippen LogP contribution in [-0.2, 0) is 19.7 Å². The number of hydrogen-bond acceptors (Lipinski definition) is 3. The maximum Gasteiger partial charge on any atom is 0.316 e. The van der Waals surface area contributed by atoms with E-state index in [2.05, 4.69) is 5.32 Å². The summed E-state index contributed by atoms with van der Waals surface area (Å²) in [4.78, 5) is 24.5. The number of esters is 1. The molecule has 138 valence electrons. The van der Waals surface area contributed by atoms with E-state index in [-0.39, 0.29) is 0 Å². The molecule has 0 saturated carbocycles. The van der Waals surface area contributed by atoms with Crippen LogP contribution in [-0.4, -0.2) is 18.0 Å². The minimum Gasteiger partial charge on any atom is -0.452 e. The Kier molecular flexibility index (Phi) is 5.69. The van der Waals surface area contributed by atoms with Gasteiger partial charge in [-0.05, 0) is 38.5 Å². The number of anilines is 1. The van der Waals surface area contributed by atoms with Crippen LogP contribution in [0.25, 0.3) is 0 Å². The van der Waals surface area contributed by atoms with Gasteiger partial charge in [-0.1, -0.05) is 30.3 Å². The van der Waals surface area contributed by atoms with Gasteiger partial charge in [0.15, 0.2) is 23.6 Å². The molecule has 4 nitrogen and oxygen atoms in total. The number of benzene rings is 2. The van der Waals surface area contributed by atoms with Crippen molar-refractivity contribution in [2.24, 2.45) is 0 Å². The number of halogens is 3. The average Bonchev–Trinajstić information content (AvgIpc) is 2.62. The van der Waals surface area contributed by atoms with Crippen LogP contribution in [0.15, 0.2) is 42.5 Å². The lowest BCUT2D eigenvalue weighted by Crippen LogP contribution is -2.37. The number of carbonyl (C=O) groups excluding carboxylic acids is 2. The largest absolute Gasteiger partial charge is 0.452 e. The van der Waals surface area contributed by atoms with Crippen molar-refractivity contribution < 1.29 is 27.5 Å². The molecule has 0 aliphatic carbocycles.